The van der Waals surface area contributed by atoms with Gasteiger partial charge in [-0.1, -0.05) is 39.0 Å². The average Bonchev–Trinajstić information content (AvgIpc) is 3.18. The third kappa shape index (κ3) is 2.67. The minimum absolute atomic E-state index is 0.0874. The number of carbonyl (C=O) groups excluding carboxylic acids is 1. The fraction of sp³-hybridized carbons (Fsp3) is 0.875. The molecule has 1 heterocycles. The van der Waals surface area contributed by atoms with Crippen LogP contribution in [0, 0.1) is 22.7 Å². The number of thioether (sulfide) groups is 1. The molecule has 0 aromatic rings. The van der Waals surface area contributed by atoms with Crippen LogP contribution in [0.25, 0.3) is 0 Å². The van der Waals surface area contributed by atoms with Crippen LogP contribution in [0.2, 0.25) is 0 Å². The van der Waals surface area contributed by atoms with Crippen LogP contribution in [0.15, 0.2) is 11.6 Å². The SMILES string of the molecule is CCCC1O[C@@H]2C[C@H]3[C@@H]4C[C@H](F)C5=CC(=O)CC[C@]5(C)[C@@]4(F)[C@@H](O)C[C@]3(C)[C@]2(SCF)O1. The van der Waals surface area contributed by atoms with Gasteiger partial charge < -0.3 is 14.6 Å². The molecule has 10 atom stereocenters. The molecule has 3 saturated carbocycles. The monoisotopic (exact) mass is 474 g/mol. The molecule has 0 spiro atoms. The fourth-order valence-electron chi connectivity index (χ4n) is 8.00. The first-order valence-corrected chi connectivity index (χ1v) is 12.8. The van der Waals surface area contributed by atoms with E-state index in [0.29, 0.717) is 12.8 Å². The molecule has 1 unspecified atom stereocenters. The number of carbonyl (C=O) groups is 1. The van der Waals surface area contributed by atoms with Gasteiger partial charge in [0.1, 0.15) is 24.0 Å². The highest BCUT2D eigenvalue weighted by molar-refractivity contribution is 8.00. The summed E-state index contributed by atoms with van der Waals surface area (Å²) < 4.78 is 59.1. The number of ketones is 1. The lowest BCUT2D eigenvalue weighted by Crippen LogP contribution is -2.70. The first kappa shape index (κ1) is 23.2. The minimum atomic E-state index is -2.06. The van der Waals surface area contributed by atoms with E-state index >= 15 is 8.78 Å². The number of fused-ring (bicyclic) bond motifs is 7. The molecule has 32 heavy (non-hydrogen) atoms. The van der Waals surface area contributed by atoms with E-state index < -0.39 is 58.0 Å². The van der Waals surface area contributed by atoms with Gasteiger partial charge in [0, 0.05) is 23.2 Å². The van der Waals surface area contributed by atoms with Crippen molar-refractivity contribution >= 4 is 17.5 Å². The maximum Gasteiger partial charge on any atom is 0.160 e. The van der Waals surface area contributed by atoms with Crippen molar-refractivity contribution in [1.82, 2.24) is 0 Å². The second-order valence-corrected chi connectivity index (χ2v) is 12.0. The number of allylic oxidation sites excluding steroid dienone is 1. The molecule has 1 aliphatic heterocycles. The lowest BCUT2D eigenvalue weighted by molar-refractivity contribution is -0.232. The first-order valence-electron chi connectivity index (χ1n) is 11.9. The molecule has 0 aromatic carbocycles. The zero-order chi connectivity index (χ0) is 23.1. The molecular weight excluding hydrogens is 441 g/mol. The second kappa shape index (κ2) is 7.46. The van der Waals surface area contributed by atoms with Crippen LogP contribution in [0.1, 0.15) is 65.7 Å². The molecule has 0 amide bonds. The molecule has 1 N–H and O–H groups in total. The number of ether oxygens (including phenoxy) is 2. The summed E-state index contributed by atoms with van der Waals surface area (Å²) in [5.74, 6) is -1.27. The smallest absolute Gasteiger partial charge is 0.160 e. The van der Waals surface area contributed by atoms with E-state index in [-0.39, 0.29) is 43.0 Å². The molecule has 4 aliphatic carbocycles. The highest BCUT2D eigenvalue weighted by atomic mass is 32.2. The van der Waals surface area contributed by atoms with E-state index in [1.807, 2.05) is 13.8 Å². The van der Waals surface area contributed by atoms with Gasteiger partial charge in [-0.05, 0) is 49.7 Å². The van der Waals surface area contributed by atoms with Crippen molar-refractivity contribution in [2.45, 2.75) is 101 Å². The Morgan fingerprint density at radius 3 is 2.72 bits per heavy atom. The van der Waals surface area contributed by atoms with Crippen molar-refractivity contribution in [2.75, 3.05) is 6.01 Å². The number of halogens is 3. The Kier molecular flexibility index (Phi) is 5.41. The van der Waals surface area contributed by atoms with Gasteiger partial charge in [-0.2, -0.15) is 0 Å². The zero-order valence-corrected chi connectivity index (χ0v) is 19.7. The fourth-order valence-corrected chi connectivity index (χ4v) is 9.24. The molecule has 180 valence electrons. The molecule has 0 bridgehead atoms. The molecule has 5 aliphatic rings. The zero-order valence-electron chi connectivity index (χ0n) is 18.9. The first-order chi connectivity index (χ1) is 15.1. The highest BCUT2D eigenvalue weighted by Crippen LogP contribution is 2.74. The summed E-state index contributed by atoms with van der Waals surface area (Å²) >= 11 is 1.04. The average molecular weight is 475 g/mol. The van der Waals surface area contributed by atoms with Gasteiger partial charge in [0.25, 0.3) is 0 Å². The summed E-state index contributed by atoms with van der Waals surface area (Å²) in [7, 11) is 0. The third-order valence-corrected chi connectivity index (χ3v) is 10.9. The molecule has 1 saturated heterocycles. The number of aliphatic hydroxyl groups is 1. The van der Waals surface area contributed by atoms with Crippen LogP contribution in [-0.4, -0.2) is 52.2 Å². The predicted molar refractivity (Wildman–Crippen MR) is 115 cm³/mol. The van der Waals surface area contributed by atoms with Crippen LogP contribution >= 0.6 is 11.8 Å². The summed E-state index contributed by atoms with van der Waals surface area (Å²) in [5.41, 5.74) is -3.88. The molecule has 0 radical (unpaired) electrons. The minimum Gasteiger partial charge on any atom is -0.390 e. The van der Waals surface area contributed by atoms with Crippen LogP contribution in [-0.2, 0) is 14.3 Å². The van der Waals surface area contributed by atoms with Crippen molar-refractivity contribution in [3.8, 4) is 0 Å². The number of aliphatic hydroxyl groups excluding tert-OH is 1. The van der Waals surface area contributed by atoms with Crippen molar-refractivity contribution in [3.63, 3.8) is 0 Å². The van der Waals surface area contributed by atoms with Gasteiger partial charge in [0.15, 0.2) is 17.0 Å². The summed E-state index contributed by atoms with van der Waals surface area (Å²) in [4.78, 5) is 11.0. The number of rotatable bonds is 4. The van der Waals surface area contributed by atoms with Crippen LogP contribution in [0.3, 0.4) is 0 Å². The predicted octanol–water partition coefficient (Wildman–Crippen LogP) is 5.04. The van der Waals surface area contributed by atoms with E-state index in [0.717, 1.165) is 18.2 Å². The molecule has 8 heteroatoms. The van der Waals surface area contributed by atoms with Crippen molar-refractivity contribution in [2.24, 2.45) is 22.7 Å². The Bertz CT molecular complexity index is 840. The lowest BCUT2D eigenvalue weighted by Gasteiger charge is -2.64. The van der Waals surface area contributed by atoms with Gasteiger partial charge >= 0.3 is 0 Å². The summed E-state index contributed by atoms with van der Waals surface area (Å²) in [6, 6.07) is -0.680. The Balaban J connectivity index is 1.58. The van der Waals surface area contributed by atoms with E-state index in [1.54, 1.807) is 6.92 Å². The topological polar surface area (TPSA) is 55.8 Å². The second-order valence-electron chi connectivity index (χ2n) is 10.8. The van der Waals surface area contributed by atoms with E-state index in [4.69, 9.17) is 9.47 Å². The molecule has 4 fully saturated rings. The lowest BCUT2D eigenvalue weighted by atomic mass is 9.44. The van der Waals surface area contributed by atoms with Crippen molar-refractivity contribution in [1.29, 1.82) is 0 Å². The van der Waals surface area contributed by atoms with Gasteiger partial charge in [0.05, 0.1) is 6.10 Å². The maximum atomic E-state index is 17.2. The normalized spacial score (nSPS) is 54.5. The van der Waals surface area contributed by atoms with Crippen LogP contribution in [0.4, 0.5) is 13.2 Å². The maximum absolute atomic E-state index is 17.2. The molecular formula is C24H33F3O4S. The van der Waals surface area contributed by atoms with E-state index in [9.17, 15) is 14.3 Å². The molecule has 0 aromatic heterocycles. The highest BCUT2D eigenvalue weighted by Gasteiger charge is 2.78. The Hall–Kier alpha value is -0.570. The van der Waals surface area contributed by atoms with Gasteiger partial charge in [-0.25, -0.2) is 13.2 Å². The number of alkyl halides is 3. The summed E-state index contributed by atoms with van der Waals surface area (Å²) in [6.07, 6.45) is -0.104. The Labute approximate surface area is 191 Å². The van der Waals surface area contributed by atoms with Crippen LogP contribution in [0.5, 0.6) is 0 Å². The molecule has 4 nitrogen and oxygen atoms in total. The standard InChI is InChI=1S/C24H33F3O4S/c1-4-5-20-30-19-10-14-15-9-17(26)16-8-13(28)6-7-21(16,2)23(15,27)18(29)11-22(14,3)24(19,31-20)32-12-25/h8,14-15,17-20,29H,4-7,9-12H2,1-3H3/t14-,15-,17-,18-,19+,20?,21-,22-,23-,24-/m0/s1. The van der Waals surface area contributed by atoms with Gasteiger partial charge in [-0.15, -0.1) is 0 Å². The Morgan fingerprint density at radius 1 is 1.28 bits per heavy atom. The molecule has 5 rings (SSSR count). The van der Waals surface area contributed by atoms with E-state index in [1.165, 1.54) is 6.08 Å². The quantitative estimate of drug-likeness (QED) is 0.619. The number of hydrogen-bond donors (Lipinski definition) is 1. The van der Waals surface area contributed by atoms with Crippen molar-refractivity contribution < 1.29 is 32.5 Å². The van der Waals surface area contributed by atoms with E-state index in [2.05, 4.69) is 0 Å². The van der Waals surface area contributed by atoms with Crippen LogP contribution < -0.4 is 0 Å². The summed E-state index contributed by atoms with van der Waals surface area (Å²) in [5, 5.41) is 11.4. The van der Waals surface area contributed by atoms with Crippen molar-refractivity contribution in [3.05, 3.63) is 11.6 Å². The van der Waals surface area contributed by atoms with Gasteiger partial charge in [0.2, 0.25) is 0 Å². The number of hydrogen-bond acceptors (Lipinski definition) is 5. The Morgan fingerprint density at radius 2 is 2.03 bits per heavy atom. The van der Waals surface area contributed by atoms with Gasteiger partial charge in [-0.3, -0.25) is 4.79 Å². The largest absolute Gasteiger partial charge is 0.390 e. The summed E-state index contributed by atoms with van der Waals surface area (Å²) in [6.45, 7) is 5.63. The third-order valence-electron chi connectivity index (χ3n) is 9.52.